The fourth-order valence-electron chi connectivity index (χ4n) is 8.16. The van der Waals surface area contributed by atoms with Crippen LogP contribution in [-0.2, 0) is 11.8 Å². The van der Waals surface area contributed by atoms with Crippen LogP contribution in [0.1, 0.15) is 53.6 Å². The van der Waals surface area contributed by atoms with Gasteiger partial charge in [-0.05, 0) is 80.8 Å². The highest BCUT2D eigenvalue weighted by Crippen LogP contribution is 2.65. The van der Waals surface area contributed by atoms with E-state index in [4.69, 9.17) is 4.74 Å². The molecule has 3 heterocycles. The van der Waals surface area contributed by atoms with Crippen molar-refractivity contribution in [3.8, 4) is 11.5 Å². The molecule has 2 bridgehead atoms. The zero-order valence-corrected chi connectivity index (χ0v) is 21.4. The summed E-state index contributed by atoms with van der Waals surface area (Å²) in [4.78, 5) is 19.3. The molecular weight excluding hydrogens is 490 g/mol. The molecule has 1 saturated heterocycles. The number of hydrogen-bond donors (Lipinski definition) is 4. The first-order chi connectivity index (χ1) is 17.5. The summed E-state index contributed by atoms with van der Waals surface area (Å²) < 4.78 is 6.58. The van der Waals surface area contributed by atoms with Gasteiger partial charge in [0, 0.05) is 40.8 Å². The van der Waals surface area contributed by atoms with Crippen LogP contribution in [0.5, 0.6) is 11.5 Å². The van der Waals surface area contributed by atoms with Gasteiger partial charge in [-0.3, -0.25) is 9.69 Å². The van der Waals surface area contributed by atoms with Crippen LogP contribution in [0.3, 0.4) is 0 Å². The van der Waals surface area contributed by atoms with Gasteiger partial charge in [0.05, 0.1) is 17.1 Å². The van der Waals surface area contributed by atoms with Crippen LogP contribution in [0, 0.1) is 5.92 Å². The molecule has 4 N–H and O–H groups in total. The summed E-state index contributed by atoms with van der Waals surface area (Å²) in [7, 11) is 0. The Kier molecular flexibility index (Phi) is 4.98. The van der Waals surface area contributed by atoms with Crippen LogP contribution in [0.15, 0.2) is 42.6 Å². The molecule has 8 rings (SSSR count). The van der Waals surface area contributed by atoms with E-state index < -0.39 is 17.1 Å². The Balaban J connectivity index is 0.00000231. The highest BCUT2D eigenvalue weighted by atomic mass is 35.5. The van der Waals surface area contributed by atoms with E-state index in [0.717, 1.165) is 48.3 Å². The van der Waals surface area contributed by atoms with Gasteiger partial charge >= 0.3 is 0 Å². The molecule has 1 amide bonds. The predicted molar refractivity (Wildman–Crippen MR) is 142 cm³/mol. The number of halogens is 1. The minimum Gasteiger partial charge on any atom is -0.504 e. The van der Waals surface area contributed by atoms with Crippen molar-refractivity contribution in [3.05, 3.63) is 59.3 Å². The number of nitrogens with one attached hydrogen (secondary N) is 2. The number of aromatic hydroxyl groups is 1. The van der Waals surface area contributed by atoms with Gasteiger partial charge in [0.25, 0.3) is 5.91 Å². The number of ether oxygens (including phenoxy) is 1. The number of likely N-dealkylation sites (tertiary alicyclic amines) is 1. The molecule has 37 heavy (non-hydrogen) atoms. The number of aromatic amines is 1. The van der Waals surface area contributed by atoms with Crippen LogP contribution in [0.2, 0.25) is 0 Å². The maximum Gasteiger partial charge on any atom is 0.252 e. The maximum atomic E-state index is 13.5. The number of aromatic nitrogens is 1. The minimum absolute atomic E-state index is 0. The zero-order valence-electron chi connectivity index (χ0n) is 20.6. The second kappa shape index (κ2) is 7.88. The van der Waals surface area contributed by atoms with Crippen molar-refractivity contribution >= 4 is 29.2 Å². The van der Waals surface area contributed by atoms with Crippen molar-refractivity contribution in [2.24, 2.45) is 5.92 Å². The average Bonchev–Trinajstić information content (AvgIpc) is 3.41. The van der Waals surface area contributed by atoms with Gasteiger partial charge in [-0.1, -0.05) is 12.1 Å². The number of carbonyl (C=O) groups is 1. The number of piperidine rings is 1. The third-order valence-corrected chi connectivity index (χ3v) is 9.92. The fraction of sp³-hybridized carbons (Fsp3) is 0.483. The molecule has 0 unspecified atom stereocenters. The molecule has 3 aliphatic carbocycles. The van der Waals surface area contributed by atoms with Gasteiger partial charge < -0.3 is 25.3 Å². The van der Waals surface area contributed by atoms with Gasteiger partial charge in [0.2, 0.25) is 0 Å². The van der Waals surface area contributed by atoms with Crippen molar-refractivity contribution < 1.29 is 19.7 Å². The number of hydrogen-bond acceptors (Lipinski definition) is 5. The number of phenolic OH excluding ortho intramolecular Hbond substituents is 1. The van der Waals surface area contributed by atoms with Crippen molar-refractivity contribution in [3.63, 3.8) is 0 Å². The molecule has 3 fully saturated rings. The van der Waals surface area contributed by atoms with Crippen molar-refractivity contribution in [1.82, 2.24) is 15.2 Å². The standard InChI is InChI=1S/C29H31N3O4.ClH/c33-22-7-6-17-14-23-29(35)10-8-21(31-27(34)19-2-1-3-20-18(19)9-12-30-20)26-28(29,24(17)25(22)36-26)11-13-32(23)15-16-4-5-16;/h1-3,6-7,9,12,16,21,23,26,30,33,35H,4-5,8,10-11,13-15H2,(H,31,34);1H/t21-,23+,26-,28-,29+;/m0./s1. The van der Waals surface area contributed by atoms with Crippen LogP contribution in [-0.4, -0.2) is 62.9 Å². The quantitative estimate of drug-likeness (QED) is 0.420. The summed E-state index contributed by atoms with van der Waals surface area (Å²) in [5.74, 6) is 1.26. The lowest BCUT2D eigenvalue weighted by atomic mass is 9.48. The Morgan fingerprint density at radius 3 is 2.86 bits per heavy atom. The van der Waals surface area contributed by atoms with Gasteiger partial charge in [-0.15, -0.1) is 12.4 Å². The third-order valence-electron chi connectivity index (χ3n) is 9.92. The topological polar surface area (TPSA) is 97.8 Å². The summed E-state index contributed by atoms with van der Waals surface area (Å²) in [5, 5.41) is 27.6. The third kappa shape index (κ3) is 2.99. The monoisotopic (exact) mass is 521 g/mol. The SMILES string of the molecule is Cl.O=C(N[C@H]1CC[C@@]2(O)[C@H]3Cc4ccc(O)c5c4[C@@]2(CCN3CC2CC2)[C@H]1O5)c1cccc2[nH]ccc12. The normalized spacial score (nSPS) is 33.4. The summed E-state index contributed by atoms with van der Waals surface area (Å²) in [6.07, 6.45) is 6.78. The molecule has 1 aromatic heterocycles. The Hall–Kier alpha value is -2.74. The van der Waals surface area contributed by atoms with E-state index in [1.165, 1.54) is 18.4 Å². The van der Waals surface area contributed by atoms with E-state index in [-0.39, 0.29) is 36.1 Å². The van der Waals surface area contributed by atoms with E-state index >= 15 is 0 Å². The molecule has 2 aliphatic heterocycles. The van der Waals surface area contributed by atoms with Gasteiger partial charge in [-0.25, -0.2) is 0 Å². The number of fused-ring (bicyclic) bond motifs is 1. The first-order valence-corrected chi connectivity index (χ1v) is 13.3. The van der Waals surface area contributed by atoms with Gasteiger partial charge in [0.15, 0.2) is 11.5 Å². The summed E-state index contributed by atoms with van der Waals surface area (Å²) in [6.45, 7) is 1.96. The number of amides is 1. The molecule has 7 nitrogen and oxygen atoms in total. The Bertz CT molecular complexity index is 1420. The first-order valence-electron chi connectivity index (χ1n) is 13.3. The number of benzene rings is 2. The highest BCUT2D eigenvalue weighted by molar-refractivity contribution is 6.06. The Morgan fingerprint density at radius 2 is 2.03 bits per heavy atom. The van der Waals surface area contributed by atoms with E-state index in [1.807, 2.05) is 36.5 Å². The van der Waals surface area contributed by atoms with Gasteiger partial charge in [-0.2, -0.15) is 0 Å². The van der Waals surface area contributed by atoms with Crippen molar-refractivity contribution in [2.45, 2.75) is 67.7 Å². The van der Waals surface area contributed by atoms with Crippen molar-refractivity contribution in [2.75, 3.05) is 13.1 Å². The molecule has 2 aromatic carbocycles. The number of H-pyrrole nitrogens is 1. The number of rotatable bonds is 4. The Morgan fingerprint density at radius 1 is 1.16 bits per heavy atom. The predicted octanol–water partition coefficient (Wildman–Crippen LogP) is 3.66. The van der Waals surface area contributed by atoms with E-state index in [1.54, 1.807) is 6.07 Å². The molecule has 5 atom stereocenters. The number of nitrogens with zero attached hydrogens (tertiary/aromatic N) is 1. The second-order valence-corrected chi connectivity index (χ2v) is 11.7. The van der Waals surface area contributed by atoms with Crippen LogP contribution in [0.25, 0.3) is 10.9 Å². The van der Waals surface area contributed by atoms with E-state index in [9.17, 15) is 15.0 Å². The van der Waals surface area contributed by atoms with Crippen molar-refractivity contribution in [1.29, 1.82) is 0 Å². The average molecular weight is 522 g/mol. The fourth-order valence-corrected chi connectivity index (χ4v) is 8.16. The van der Waals surface area contributed by atoms with E-state index in [0.29, 0.717) is 24.2 Å². The lowest BCUT2D eigenvalue weighted by molar-refractivity contribution is -0.191. The second-order valence-electron chi connectivity index (χ2n) is 11.7. The Labute approximate surface area is 221 Å². The lowest BCUT2D eigenvalue weighted by Crippen LogP contribution is -2.78. The maximum absolute atomic E-state index is 13.5. The lowest BCUT2D eigenvalue weighted by Gasteiger charge is -2.64. The zero-order chi connectivity index (χ0) is 24.2. The van der Waals surface area contributed by atoms with Gasteiger partial charge in [0.1, 0.15) is 6.10 Å². The van der Waals surface area contributed by atoms with E-state index in [2.05, 4.69) is 15.2 Å². The summed E-state index contributed by atoms with van der Waals surface area (Å²) in [6, 6.07) is 11.1. The molecule has 8 heteroatoms. The molecule has 2 saturated carbocycles. The summed E-state index contributed by atoms with van der Waals surface area (Å²) in [5.41, 5.74) is 2.14. The molecule has 1 spiro atoms. The smallest absolute Gasteiger partial charge is 0.252 e. The minimum atomic E-state index is -0.946. The number of carbonyl (C=O) groups excluding carboxylic acids is 1. The van der Waals surface area contributed by atoms with Crippen LogP contribution < -0.4 is 10.1 Å². The molecule has 3 aromatic rings. The highest BCUT2D eigenvalue weighted by Gasteiger charge is 2.73. The molecule has 5 aliphatic rings. The molecule has 0 radical (unpaired) electrons. The molecule has 194 valence electrons. The first kappa shape index (κ1) is 23.4. The summed E-state index contributed by atoms with van der Waals surface area (Å²) >= 11 is 0. The largest absolute Gasteiger partial charge is 0.504 e. The number of phenols is 1. The number of aliphatic hydroxyl groups is 1. The van der Waals surface area contributed by atoms with Crippen LogP contribution in [0.4, 0.5) is 0 Å². The molecular formula is C29H32ClN3O4. The van der Waals surface area contributed by atoms with Crippen LogP contribution >= 0.6 is 12.4 Å².